The highest BCUT2D eigenvalue weighted by Gasteiger charge is 2.28. The number of hydrogen-bond donors (Lipinski definition) is 3. The average molecular weight is 411 g/mol. The summed E-state index contributed by atoms with van der Waals surface area (Å²) in [7, 11) is 0. The standard InChI is InChI=1S/C23H28N4OS/c1-16(17-7-3-2-4-8-17)27-13-11-26(12-14-27)15-20-24-22(28)21-18-9-5-6-10-19(18)29-23(21)25-20/h2-4,7-8,16H,5-6,9-15H2,1H3,(H,24,25,28)/p+2/t16-/m1/s1. The topological polar surface area (TPSA) is 54.6 Å². The third kappa shape index (κ3) is 3.77. The third-order valence-electron chi connectivity index (χ3n) is 6.80. The van der Waals surface area contributed by atoms with E-state index in [0.29, 0.717) is 6.04 Å². The van der Waals surface area contributed by atoms with Crippen LogP contribution in [0.3, 0.4) is 0 Å². The fourth-order valence-electron chi connectivity index (χ4n) is 5.04. The number of piperazine rings is 1. The van der Waals surface area contributed by atoms with Gasteiger partial charge in [0.05, 0.1) is 5.39 Å². The molecule has 6 heteroatoms. The van der Waals surface area contributed by atoms with Gasteiger partial charge in [0, 0.05) is 10.4 Å². The van der Waals surface area contributed by atoms with Gasteiger partial charge in [0.2, 0.25) is 0 Å². The second-order valence-corrected chi connectivity index (χ2v) is 9.70. The highest BCUT2D eigenvalue weighted by Crippen LogP contribution is 2.33. The number of aryl methyl sites for hydroxylation is 2. The summed E-state index contributed by atoms with van der Waals surface area (Å²) < 4.78 is 0. The number of nitrogens with zero attached hydrogens (tertiary/aromatic N) is 1. The zero-order valence-corrected chi connectivity index (χ0v) is 17.9. The number of hydrogen-bond acceptors (Lipinski definition) is 3. The summed E-state index contributed by atoms with van der Waals surface area (Å²) in [6.07, 6.45) is 4.58. The van der Waals surface area contributed by atoms with Gasteiger partial charge in [0.1, 0.15) is 43.6 Å². The van der Waals surface area contributed by atoms with E-state index in [1.165, 1.54) is 33.7 Å². The van der Waals surface area contributed by atoms with Gasteiger partial charge in [0.15, 0.2) is 5.82 Å². The molecule has 1 atom stereocenters. The minimum atomic E-state index is 0.0748. The second-order valence-electron chi connectivity index (χ2n) is 8.62. The molecule has 3 heterocycles. The first-order valence-corrected chi connectivity index (χ1v) is 11.8. The Kier molecular flexibility index (Phi) is 5.24. The van der Waals surface area contributed by atoms with Gasteiger partial charge in [-0.2, -0.15) is 0 Å². The largest absolute Gasteiger partial charge is 0.320 e. The van der Waals surface area contributed by atoms with Gasteiger partial charge in [-0.15, -0.1) is 11.3 Å². The SMILES string of the molecule is C[C@H](c1ccccc1)[NH+]1CC[NH+](Cc2nc3sc4c(c3c(=O)[nH]2)CCCC4)CC1. The Balaban J connectivity index is 1.27. The summed E-state index contributed by atoms with van der Waals surface area (Å²) in [5, 5.41) is 0.870. The summed E-state index contributed by atoms with van der Waals surface area (Å²) in [5.41, 5.74) is 2.77. The van der Waals surface area contributed by atoms with Crippen LogP contribution in [0.2, 0.25) is 0 Å². The maximum Gasteiger partial charge on any atom is 0.260 e. The molecular formula is C23H30N4OS+2. The summed E-state index contributed by atoms with van der Waals surface area (Å²) in [5.74, 6) is 0.857. The van der Waals surface area contributed by atoms with Crippen molar-refractivity contribution < 1.29 is 9.80 Å². The van der Waals surface area contributed by atoms with Crippen molar-refractivity contribution in [3.05, 3.63) is 62.5 Å². The second kappa shape index (κ2) is 8.01. The lowest BCUT2D eigenvalue weighted by atomic mass is 9.97. The summed E-state index contributed by atoms with van der Waals surface area (Å²) >= 11 is 1.75. The van der Waals surface area contributed by atoms with Gasteiger partial charge >= 0.3 is 0 Å². The molecule has 0 unspecified atom stereocenters. The smallest absolute Gasteiger partial charge is 0.260 e. The predicted molar refractivity (Wildman–Crippen MR) is 117 cm³/mol. The third-order valence-corrected chi connectivity index (χ3v) is 7.99. The van der Waals surface area contributed by atoms with Gasteiger partial charge in [-0.1, -0.05) is 30.3 Å². The van der Waals surface area contributed by atoms with E-state index in [4.69, 9.17) is 4.98 Å². The van der Waals surface area contributed by atoms with Crippen LogP contribution in [0.25, 0.3) is 10.2 Å². The van der Waals surface area contributed by atoms with Gasteiger partial charge in [-0.25, -0.2) is 4.98 Å². The predicted octanol–water partition coefficient (Wildman–Crippen LogP) is 0.908. The maximum absolute atomic E-state index is 12.8. The molecule has 1 aromatic carbocycles. The molecule has 3 N–H and O–H groups in total. The number of thiophene rings is 1. The molecule has 5 rings (SSSR count). The van der Waals surface area contributed by atoms with Crippen LogP contribution in [0.15, 0.2) is 35.1 Å². The molecule has 0 saturated carbocycles. The van der Waals surface area contributed by atoms with E-state index >= 15 is 0 Å². The Hall–Kier alpha value is -2.02. The Bertz CT molecular complexity index is 1050. The Morgan fingerprint density at radius 1 is 1.10 bits per heavy atom. The van der Waals surface area contributed by atoms with Crippen LogP contribution in [0.5, 0.6) is 0 Å². The Morgan fingerprint density at radius 3 is 2.66 bits per heavy atom. The van der Waals surface area contributed by atoms with Gasteiger partial charge in [-0.3, -0.25) is 4.79 Å². The molecule has 0 amide bonds. The zero-order valence-electron chi connectivity index (χ0n) is 17.1. The molecule has 2 aliphatic rings. The van der Waals surface area contributed by atoms with Crippen molar-refractivity contribution in [3.63, 3.8) is 0 Å². The number of rotatable bonds is 4. The van der Waals surface area contributed by atoms with Crippen LogP contribution in [0, 0.1) is 0 Å². The van der Waals surface area contributed by atoms with Crippen molar-refractivity contribution in [2.45, 2.75) is 45.2 Å². The lowest BCUT2D eigenvalue weighted by Crippen LogP contribution is -3.27. The summed E-state index contributed by atoms with van der Waals surface area (Å²) in [6.45, 7) is 7.71. The van der Waals surface area contributed by atoms with Crippen molar-refractivity contribution in [3.8, 4) is 0 Å². The zero-order chi connectivity index (χ0) is 19.8. The monoisotopic (exact) mass is 410 g/mol. The minimum absolute atomic E-state index is 0.0748. The molecule has 152 valence electrons. The van der Waals surface area contributed by atoms with E-state index in [0.717, 1.165) is 61.6 Å². The Morgan fingerprint density at radius 2 is 1.86 bits per heavy atom. The molecule has 3 aromatic rings. The lowest BCUT2D eigenvalue weighted by molar-refractivity contribution is -1.03. The Labute approximate surface area is 175 Å². The van der Waals surface area contributed by atoms with E-state index in [-0.39, 0.29) is 5.56 Å². The van der Waals surface area contributed by atoms with E-state index in [1.807, 2.05) is 0 Å². The highest BCUT2D eigenvalue weighted by atomic mass is 32.1. The van der Waals surface area contributed by atoms with Gasteiger partial charge in [0.25, 0.3) is 5.56 Å². The fraction of sp³-hybridized carbons (Fsp3) is 0.478. The molecular weight excluding hydrogens is 380 g/mol. The number of benzene rings is 1. The van der Waals surface area contributed by atoms with Crippen LogP contribution >= 0.6 is 11.3 Å². The first kappa shape index (κ1) is 19.0. The van der Waals surface area contributed by atoms with Crippen LogP contribution in [-0.2, 0) is 19.4 Å². The molecule has 0 radical (unpaired) electrons. The summed E-state index contributed by atoms with van der Waals surface area (Å²) in [4.78, 5) is 26.3. The quantitative estimate of drug-likeness (QED) is 0.599. The van der Waals surface area contributed by atoms with Crippen LogP contribution in [0.4, 0.5) is 0 Å². The van der Waals surface area contributed by atoms with Crippen LogP contribution in [0.1, 0.15) is 47.6 Å². The first-order valence-electron chi connectivity index (χ1n) is 11.0. The minimum Gasteiger partial charge on any atom is -0.320 e. The van der Waals surface area contributed by atoms with E-state index in [1.54, 1.807) is 16.2 Å². The van der Waals surface area contributed by atoms with Gasteiger partial charge < -0.3 is 14.8 Å². The lowest BCUT2D eigenvalue weighted by Gasteiger charge is -2.33. The fourth-order valence-corrected chi connectivity index (χ4v) is 6.32. The number of fused-ring (bicyclic) bond motifs is 3. The number of aromatic nitrogens is 2. The van der Waals surface area contributed by atoms with Crippen molar-refractivity contribution >= 4 is 21.6 Å². The maximum atomic E-state index is 12.8. The molecule has 1 saturated heterocycles. The molecule has 29 heavy (non-hydrogen) atoms. The molecule has 0 bridgehead atoms. The molecule has 2 aromatic heterocycles. The normalized spacial score (nSPS) is 23.1. The van der Waals surface area contributed by atoms with Crippen molar-refractivity contribution in [1.82, 2.24) is 9.97 Å². The van der Waals surface area contributed by atoms with Crippen molar-refractivity contribution in [2.75, 3.05) is 26.2 Å². The van der Waals surface area contributed by atoms with E-state index < -0.39 is 0 Å². The van der Waals surface area contributed by atoms with E-state index in [9.17, 15) is 4.79 Å². The molecule has 0 spiro atoms. The van der Waals surface area contributed by atoms with Gasteiger partial charge in [-0.05, 0) is 38.2 Å². The van der Waals surface area contributed by atoms with E-state index in [2.05, 4.69) is 42.2 Å². The van der Waals surface area contributed by atoms with Crippen molar-refractivity contribution in [2.24, 2.45) is 0 Å². The van der Waals surface area contributed by atoms with Crippen molar-refractivity contribution in [1.29, 1.82) is 0 Å². The first-order chi connectivity index (χ1) is 14.2. The number of H-pyrrole nitrogens is 1. The summed E-state index contributed by atoms with van der Waals surface area (Å²) in [6, 6.07) is 11.4. The number of aromatic amines is 1. The molecule has 5 nitrogen and oxygen atoms in total. The number of nitrogens with one attached hydrogen (secondary N) is 3. The molecule has 1 aliphatic carbocycles. The van der Waals surface area contributed by atoms with Crippen LogP contribution in [-0.4, -0.2) is 36.1 Å². The molecule has 1 aliphatic heterocycles. The number of quaternary nitrogens is 2. The highest BCUT2D eigenvalue weighted by molar-refractivity contribution is 7.18. The molecule has 1 fully saturated rings. The average Bonchev–Trinajstić information content (AvgIpc) is 3.13. The van der Waals surface area contributed by atoms with Crippen LogP contribution < -0.4 is 15.4 Å².